The van der Waals surface area contributed by atoms with Crippen molar-refractivity contribution in [3.8, 4) is 83.8 Å². The van der Waals surface area contributed by atoms with E-state index in [2.05, 4.69) is 271 Å². The predicted octanol–water partition coefficient (Wildman–Crippen LogP) is 37.2. The number of rotatable bonds is 16. The van der Waals surface area contributed by atoms with E-state index in [1.165, 1.54) is 124 Å². The Balaban J connectivity index is 0.000000125. The molecule has 0 atom stereocenters. The summed E-state index contributed by atoms with van der Waals surface area (Å²) in [6.07, 6.45) is 6.73. The quantitative estimate of drug-likeness (QED) is 0.0595. The molecule has 0 saturated carbocycles. The van der Waals surface area contributed by atoms with Crippen LogP contribution in [0, 0.1) is 11.6 Å². The second-order valence-electron chi connectivity index (χ2n) is 34.8. The third kappa shape index (κ3) is 15.5. The Hall–Kier alpha value is -18.0. The molecule has 4 nitrogen and oxygen atoms in total. The summed E-state index contributed by atoms with van der Waals surface area (Å²) < 4.78 is 158. The van der Waals surface area contributed by atoms with Gasteiger partial charge in [-0.1, -0.05) is 395 Å². The van der Waals surface area contributed by atoms with Crippen molar-refractivity contribution in [1.82, 2.24) is 9.55 Å². The van der Waals surface area contributed by atoms with Gasteiger partial charge >= 0.3 is 0 Å². The van der Waals surface area contributed by atoms with Crippen LogP contribution in [0.4, 0.5) is 37.2 Å². The van der Waals surface area contributed by atoms with Crippen molar-refractivity contribution in [3.05, 3.63) is 526 Å². The molecule has 26 rings (SSSR count). The van der Waals surface area contributed by atoms with E-state index < -0.39 is 54.2 Å². The predicted molar refractivity (Wildman–Crippen MR) is 588 cm³/mol. The van der Waals surface area contributed by atoms with Crippen LogP contribution in [0.15, 0.2) is 498 Å². The van der Waals surface area contributed by atoms with Crippen molar-refractivity contribution in [3.63, 3.8) is 0 Å². The van der Waals surface area contributed by atoms with E-state index in [9.17, 15) is 4.39 Å². The Labute approximate surface area is 826 Å². The minimum Gasteiger partial charge on any atom is -0.355 e. The van der Waals surface area contributed by atoms with E-state index in [0.29, 0.717) is 35.7 Å². The molecular weight excluding hydrogens is 1690 g/mol. The number of hydrogen-bond acceptors (Lipinski definition) is 3. The second-order valence-corrected chi connectivity index (χ2v) is 34.8. The molecule has 1 heterocycles. The molecule has 0 fully saturated rings. The summed E-state index contributed by atoms with van der Waals surface area (Å²) >= 11 is 0. The topological polar surface area (TPSA) is 33.1 Å². The Bertz CT molecular complexity index is 10100. The van der Waals surface area contributed by atoms with Crippen molar-refractivity contribution < 1.29 is 29.3 Å². The maximum atomic E-state index is 15.3. The van der Waals surface area contributed by atoms with E-state index in [-0.39, 0.29) is 69.5 Å². The zero-order chi connectivity index (χ0) is 106. The molecule has 25 aromatic rings. The highest BCUT2D eigenvalue weighted by Gasteiger charge is 2.26. The molecule has 0 bridgehead atoms. The first kappa shape index (κ1) is 68.9. The van der Waals surface area contributed by atoms with Crippen LogP contribution in [0.2, 0.25) is 0 Å². The fraction of sp³-hybridized carbons (Fsp3) is 0.0150. The van der Waals surface area contributed by atoms with E-state index in [1.807, 2.05) is 84.9 Å². The first-order valence-electron chi connectivity index (χ1n) is 53.9. The number of aromatic nitrogens is 2. The van der Waals surface area contributed by atoms with Gasteiger partial charge in [0.05, 0.1) is 37.3 Å². The first-order chi connectivity index (χ1) is 75.0. The van der Waals surface area contributed by atoms with E-state index in [1.54, 1.807) is 35.2 Å². The molecule has 0 radical (unpaired) electrons. The van der Waals surface area contributed by atoms with Crippen molar-refractivity contribution in [2.45, 2.75) is 12.8 Å². The third-order valence-electron chi connectivity index (χ3n) is 26.8. The van der Waals surface area contributed by atoms with Gasteiger partial charge in [0.15, 0.2) is 0 Å². The minimum absolute atomic E-state index is 0.0617. The lowest BCUT2D eigenvalue weighted by molar-refractivity contribution is 0.628. The Morgan fingerprint density at radius 3 is 1.66 bits per heavy atom. The zero-order valence-electron chi connectivity index (χ0n) is 89.9. The average molecular weight is 1800 g/mol. The summed E-state index contributed by atoms with van der Waals surface area (Å²) in [7, 11) is 0. The van der Waals surface area contributed by atoms with Gasteiger partial charge in [-0.15, -0.1) is 0 Å². The number of para-hydroxylation sites is 3. The van der Waals surface area contributed by atoms with Gasteiger partial charge in [0.1, 0.15) is 17.5 Å². The number of allylic oxidation sites excluding steroid dienone is 5. The van der Waals surface area contributed by atoms with Gasteiger partial charge in [-0.3, -0.25) is 4.57 Å². The Kier molecular flexibility index (Phi) is 17.9. The summed E-state index contributed by atoms with van der Waals surface area (Å²) in [5, 5.41) is 24.4. The normalized spacial score (nSPS) is 13.9. The summed E-state index contributed by atoms with van der Waals surface area (Å²) in [4.78, 5) is 6.85. The lowest BCUT2D eigenvalue weighted by Crippen LogP contribution is -2.11. The molecule has 24 aromatic carbocycles. The highest BCUT2D eigenvalue weighted by Crippen LogP contribution is 2.52. The molecule has 0 saturated heterocycles. The van der Waals surface area contributed by atoms with Crippen LogP contribution in [0.25, 0.3) is 214 Å². The molecule has 656 valence electrons. The molecule has 1 aliphatic rings. The minimum atomic E-state index is -0.603. The van der Waals surface area contributed by atoms with Crippen LogP contribution in [0.5, 0.6) is 0 Å². The summed E-state index contributed by atoms with van der Waals surface area (Å²) in [6, 6.07) is 128. The summed E-state index contributed by atoms with van der Waals surface area (Å²) in [5.74, 6) is -0.0140. The smallest absolute Gasteiger partial charge is 0.145 e. The molecule has 0 unspecified atom stereocenters. The molecule has 1 N–H and O–H groups in total. The van der Waals surface area contributed by atoms with Gasteiger partial charge in [0, 0.05) is 44.8 Å². The summed E-state index contributed by atoms with van der Waals surface area (Å²) in [5.41, 5.74) is 19.7. The van der Waals surface area contributed by atoms with Gasteiger partial charge in [0.2, 0.25) is 0 Å². The van der Waals surface area contributed by atoms with Crippen molar-refractivity contribution in [2.75, 3.05) is 10.2 Å². The lowest BCUT2D eigenvalue weighted by Gasteiger charge is -2.29. The maximum absolute atomic E-state index is 15.3. The number of imidazole rings is 1. The average Bonchev–Trinajstić information content (AvgIpc) is 0.978. The van der Waals surface area contributed by atoms with Gasteiger partial charge in [-0.2, -0.15) is 0 Å². The molecule has 1 aromatic heterocycles. The number of nitrogens with zero attached hydrogens (tertiary/aromatic N) is 3. The zero-order valence-corrected chi connectivity index (χ0v) is 74.9. The van der Waals surface area contributed by atoms with Crippen LogP contribution in [-0.2, 0) is 6.42 Å². The van der Waals surface area contributed by atoms with E-state index >= 15 is 4.39 Å². The fourth-order valence-corrected chi connectivity index (χ4v) is 20.6. The van der Waals surface area contributed by atoms with Crippen LogP contribution in [0.3, 0.4) is 0 Å². The monoisotopic (exact) mass is 1800 g/mol. The number of benzene rings is 24. The van der Waals surface area contributed by atoms with E-state index in [0.717, 1.165) is 122 Å². The van der Waals surface area contributed by atoms with Crippen LogP contribution in [0.1, 0.15) is 43.7 Å². The molecule has 0 aliphatic heterocycles. The van der Waals surface area contributed by atoms with Crippen LogP contribution >= 0.6 is 0 Å². The van der Waals surface area contributed by atoms with Crippen molar-refractivity contribution in [2.24, 2.45) is 0 Å². The molecule has 0 spiro atoms. The molecular formula is C133H90F2N4. The lowest BCUT2D eigenvalue weighted by atomic mass is 9.83. The van der Waals surface area contributed by atoms with Crippen molar-refractivity contribution >= 4 is 159 Å². The number of nitrogens with one attached hydrogen (secondary N) is 1. The number of anilines is 5. The molecule has 6 heteroatoms. The standard InChI is InChI=1S/C53H36N2.C46H32F2N2.C34H22/c1-2-16-44(17-3-1)55-50-21-11-10-20-49(50)54-53(55)38-26-22-37(23-27-38)41-30-31-47-48(34-41)52(43-29-25-36-13-5-7-15-40(36)33-43)46-19-9-8-18-45(46)51(47)42-28-24-35-12-4-6-14-39(35)32-42;1-3-10-30(4-2)34-25-35(31-11-6-5-7-12-31)27-40(26-34)50(39-16-9-14-37(48)29-39)44-24-20-33-17-21-41-43(49-38-15-8-13-36(47)28-38)23-19-32-18-22-42(44)46(33)45(32)41;1-2-12-23(13-3-1)33-28-18-8-10-20-30(28)34(31-21-11-9-19-29(31)33)32-22-24-14-4-5-15-25(24)26-16-6-7-17-27(26)32/h1-5,7-13,15-34H,6,14H2;3-29,49H,1-2H2;1-22H/b;30-10+;/i;1D,2D,3D,4D,5D,6D,7D,10D,11D,12D;1D,2D,3D,12D,13D/b;3-1?,4-2?,30-10+;. The van der Waals surface area contributed by atoms with Gasteiger partial charge in [-0.25, -0.2) is 13.8 Å². The molecule has 0 amide bonds. The Morgan fingerprint density at radius 1 is 0.374 bits per heavy atom. The van der Waals surface area contributed by atoms with Gasteiger partial charge in [0.25, 0.3) is 0 Å². The molecule has 1 aliphatic carbocycles. The maximum Gasteiger partial charge on any atom is 0.145 e. The number of hydrogen-bond donors (Lipinski definition) is 1. The highest BCUT2D eigenvalue weighted by molar-refractivity contribution is 6.30. The first-order valence-corrected chi connectivity index (χ1v) is 46.2. The largest absolute Gasteiger partial charge is 0.355 e. The Morgan fingerprint density at radius 2 is 0.935 bits per heavy atom. The highest BCUT2D eigenvalue weighted by atomic mass is 19.1. The van der Waals surface area contributed by atoms with Gasteiger partial charge < -0.3 is 10.2 Å². The third-order valence-corrected chi connectivity index (χ3v) is 26.8. The second kappa shape index (κ2) is 36.1. The number of halogens is 2. The number of aryl methyl sites for hydroxylation is 1. The number of fused-ring (bicyclic) bond motifs is 10. The van der Waals surface area contributed by atoms with Crippen LogP contribution < -0.4 is 10.2 Å². The van der Waals surface area contributed by atoms with Gasteiger partial charge in [-0.05, 0) is 308 Å². The fourth-order valence-electron chi connectivity index (χ4n) is 20.6. The van der Waals surface area contributed by atoms with Crippen LogP contribution in [-0.4, -0.2) is 9.55 Å². The van der Waals surface area contributed by atoms with Crippen molar-refractivity contribution in [1.29, 1.82) is 0 Å². The molecule has 139 heavy (non-hydrogen) atoms. The van der Waals surface area contributed by atoms with E-state index in [4.69, 9.17) is 25.5 Å². The summed E-state index contributed by atoms with van der Waals surface area (Å²) in [6.45, 7) is 1.31. The SMILES string of the molecule is C1=Cc2ccc(-c3c4ccccc4c(-c4ccc5ccccc5c4)c4cc(-c5ccc(-c6nc7ccccc7n6-c6ccccc6)cc5)ccc34)cc2CC1.[2H]C=C([2H])/C([2H])=C(\C([2H])=C[2H])c1cc(-c2c([2H])c([2H])c([2H])c([2H])c2[2H])cc(N(c2cccc(F)c2)c2ccc3ccc4c(Nc5cccc(F)c5)ccc5ccc2c3c54)c1.[2H]c1c([2H])c([2H])c(-c2c3ccccc3c(-c3cc4ccccc4c4ccccc34)c3ccccc23)c([2H])c1[2H].